The minimum absolute atomic E-state index is 0.0153. The molecular formula is C18H17ClN4O3. The Kier molecular flexibility index (Phi) is 5.38. The number of ether oxygens (including phenoxy) is 1. The molecule has 7 nitrogen and oxygen atoms in total. The molecule has 0 unspecified atom stereocenters. The molecule has 1 heterocycles. The second-order valence-electron chi connectivity index (χ2n) is 5.63. The van der Waals surface area contributed by atoms with Gasteiger partial charge in [0.15, 0.2) is 6.10 Å². The topological polar surface area (TPSA) is 96.1 Å². The smallest absolute Gasteiger partial charge is 0.279 e. The highest BCUT2D eigenvalue weighted by molar-refractivity contribution is 6.30. The molecule has 134 valence electrons. The molecule has 1 aromatic heterocycles. The molecule has 0 bridgehead atoms. The summed E-state index contributed by atoms with van der Waals surface area (Å²) in [6.07, 6.45) is -0.774. The molecule has 3 aromatic rings. The van der Waals surface area contributed by atoms with Gasteiger partial charge in [-0.2, -0.15) is 0 Å². The zero-order valence-electron chi connectivity index (χ0n) is 14.0. The van der Waals surface area contributed by atoms with Crippen molar-refractivity contribution in [1.82, 2.24) is 20.8 Å². The standard InChI is InChI=1S/C18H17ClN4O3/c1-11(26-13-8-6-12(19)7-9-13)18(25)23-22-17(24)10-16-20-14-4-2-3-5-15(14)21-16/h2-9,11H,10H2,1H3,(H,20,21)(H,22,24)(H,23,25)/t11-/m1/s1. The highest BCUT2D eigenvalue weighted by atomic mass is 35.5. The number of fused-ring (bicyclic) bond motifs is 1. The lowest BCUT2D eigenvalue weighted by atomic mass is 10.3. The van der Waals surface area contributed by atoms with E-state index in [1.165, 1.54) is 0 Å². The number of nitrogens with one attached hydrogen (secondary N) is 3. The van der Waals surface area contributed by atoms with E-state index in [9.17, 15) is 9.59 Å². The average Bonchev–Trinajstić information content (AvgIpc) is 3.03. The van der Waals surface area contributed by atoms with Gasteiger partial charge in [0, 0.05) is 5.02 Å². The summed E-state index contributed by atoms with van der Waals surface area (Å²) < 4.78 is 5.48. The molecule has 26 heavy (non-hydrogen) atoms. The van der Waals surface area contributed by atoms with Crippen LogP contribution in [0.1, 0.15) is 12.7 Å². The molecular weight excluding hydrogens is 356 g/mol. The predicted molar refractivity (Wildman–Crippen MR) is 97.6 cm³/mol. The fourth-order valence-electron chi connectivity index (χ4n) is 2.29. The van der Waals surface area contributed by atoms with E-state index in [4.69, 9.17) is 16.3 Å². The van der Waals surface area contributed by atoms with E-state index in [-0.39, 0.29) is 6.42 Å². The van der Waals surface area contributed by atoms with Gasteiger partial charge in [0.2, 0.25) is 5.91 Å². The van der Waals surface area contributed by atoms with Gasteiger partial charge in [-0.25, -0.2) is 4.98 Å². The number of nitrogens with zero attached hydrogens (tertiary/aromatic N) is 1. The van der Waals surface area contributed by atoms with Crippen molar-refractivity contribution in [3.63, 3.8) is 0 Å². The minimum atomic E-state index is -0.789. The molecule has 0 aliphatic carbocycles. The van der Waals surface area contributed by atoms with Gasteiger partial charge >= 0.3 is 0 Å². The van der Waals surface area contributed by atoms with Crippen molar-refractivity contribution in [3.05, 3.63) is 59.4 Å². The van der Waals surface area contributed by atoms with E-state index in [1.807, 2.05) is 24.3 Å². The van der Waals surface area contributed by atoms with Gasteiger partial charge in [-0.05, 0) is 43.3 Å². The first kappa shape index (κ1) is 17.8. The normalized spacial score (nSPS) is 11.8. The van der Waals surface area contributed by atoms with Crippen LogP contribution in [0.5, 0.6) is 5.75 Å². The summed E-state index contributed by atoms with van der Waals surface area (Å²) in [7, 11) is 0. The van der Waals surface area contributed by atoms with Gasteiger partial charge in [-0.1, -0.05) is 23.7 Å². The number of hydrogen-bond donors (Lipinski definition) is 3. The van der Waals surface area contributed by atoms with E-state index < -0.39 is 17.9 Å². The largest absolute Gasteiger partial charge is 0.481 e. The lowest BCUT2D eigenvalue weighted by Crippen LogP contribution is -2.47. The summed E-state index contributed by atoms with van der Waals surface area (Å²) in [4.78, 5) is 31.3. The number of carbonyl (C=O) groups excluding carboxylic acids is 2. The summed E-state index contributed by atoms with van der Waals surface area (Å²) >= 11 is 5.80. The van der Waals surface area contributed by atoms with Crippen LogP contribution < -0.4 is 15.6 Å². The third kappa shape index (κ3) is 4.52. The third-order valence-electron chi connectivity index (χ3n) is 3.59. The molecule has 0 aliphatic heterocycles. The van der Waals surface area contributed by atoms with Crippen LogP contribution in [0.4, 0.5) is 0 Å². The van der Waals surface area contributed by atoms with Gasteiger partial charge in [0.25, 0.3) is 5.91 Å². The Hall–Kier alpha value is -3.06. The first-order valence-electron chi connectivity index (χ1n) is 7.96. The first-order valence-corrected chi connectivity index (χ1v) is 8.33. The lowest BCUT2D eigenvalue weighted by Gasteiger charge is -2.15. The molecule has 0 fully saturated rings. The number of halogens is 1. The molecule has 0 saturated carbocycles. The number of carbonyl (C=O) groups is 2. The monoisotopic (exact) mass is 372 g/mol. The zero-order valence-corrected chi connectivity index (χ0v) is 14.7. The number of hydrazine groups is 1. The van der Waals surface area contributed by atoms with Gasteiger partial charge in [0.1, 0.15) is 11.6 Å². The lowest BCUT2D eigenvalue weighted by molar-refractivity contribution is -0.132. The maximum Gasteiger partial charge on any atom is 0.279 e. The van der Waals surface area contributed by atoms with Crippen molar-refractivity contribution >= 4 is 34.4 Å². The summed E-state index contributed by atoms with van der Waals surface area (Å²) in [5.41, 5.74) is 6.32. The van der Waals surface area contributed by atoms with Crippen LogP contribution in [-0.4, -0.2) is 27.9 Å². The summed E-state index contributed by atoms with van der Waals surface area (Å²) in [5, 5.41) is 0.576. The number of amides is 2. The zero-order chi connectivity index (χ0) is 18.5. The van der Waals surface area contributed by atoms with E-state index in [2.05, 4.69) is 20.8 Å². The van der Waals surface area contributed by atoms with Crippen molar-refractivity contribution in [3.8, 4) is 5.75 Å². The van der Waals surface area contributed by atoms with Crippen LogP contribution in [0.2, 0.25) is 5.02 Å². The number of benzene rings is 2. The molecule has 2 aromatic carbocycles. The van der Waals surface area contributed by atoms with Crippen molar-refractivity contribution in [2.75, 3.05) is 0 Å². The van der Waals surface area contributed by atoms with E-state index in [0.717, 1.165) is 11.0 Å². The molecule has 0 saturated heterocycles. The molecule has 3 rings (SSSR count). The maximum atomic E-state index is 12.0. The second kappa shape index (κ2) is 7.88. The number of aromatic nitrogens is 2. The Labute approximate surface area is 154 Å². The number of aromatic amines is 1. The summed E-state index contributed by atoms with van der Waals surface area (Å²) in [6.45, 7) is 1.58. The van der Waals surface area contributed by atoms with Gasteiger partial charge in [0.05, 0.1) is 17.5 Å². The molecule has 2 amide bonds. The molecule has 0 spiro atoms. The van der Waals surface area contributed by atoms with Gasteiger partial charge in [-0.15, -0.1) is 0 Å². The number of rotatable bonds is 5. The van der Waals surface area contributed by atoms with E-state index in [0.29, 0.717) is 16.6 Å². The first-order chi connectivity index (χ1) is 12.5. The predicted octanol–water partition coefficient (Wildman–Crippen LogP) is 2.37. The number of para-hydroxylation sites is 2. The second-order valence-corrected chi connectivity index (χ2v) is 6.07. The average molecular weight is 373 g/mol. The van der Waals surface area contributed by atoms with E-state index >= 15 is 0 Å². The van der Waals surface area contributed by atoms with Gasteiger partial charge < -0.3 is 9.72 Å². The van der Waals surface area contributed by atoms with Gasteiger partial charge in [-0.3, -0.25) is 20.4 Å². The van der Waals surface area contributed by atoms with Crippen LogP contribution in [0.3, 0.4) is 0 Å². The van der Waals surface area contributed by atoms with Crippen LogP contribution >= 0.6 is 11.6 Å². The molecule has 1 atom stereocenters. The molecule has 3 N–H and O–H groups in total. The van der Waals surface area contributed by atoms with Crippen molar-refractivity contribution in [2.45, 2.75) is 19.4 Å². The fraction of sp³-hybridized carbons (Fsp3) is 0.167. The Balaban J connectivity index is 1.48. The quantitative estimate of drug-likeness (QED) is 0.599. The van der Waals surface area contributed by atoms with Crippen LogP contribution in [0, 0.1) is 0 Å². The van der Waals surface area contributed by atoms with Crippen molar-refractivity contribution in [1.29, 1.82) is 0 Å². The highest BCUT2D eigenvalue weighted by Gasteiger charge is 2.16. The maximum absolute atomic E-state index is 12.0. The number of imidazole rings is 1. The van der Waals surface area contributed by atoms with Crippen LogP contribution in [0.25, 0.3) is 11.0 Å². The Morgan fingerprint density at radius 3 is 2.62 bits per heavy atom. The summed E-state index contributed by atoms with van der Waals surface area (Å²) in [5.74, 6) is 0.156. The molecule has 8 heteroatoms. The molecule has 0 radical (unpaired) electrons. The SMILES string of the molecule is C[C@@H](Oc1ccc(Cl)cc1)C(=O)NNC(=O)Cc1nc2ccccc2[nH]1. The molecule has 0 aliphatic rings. The fourth-order valence-corrected chi connectivity index (χ4v) is 2.42. The van der Waals surface area contributed by atoms with Crippen LogP contribution in [0.15, 0.2) is 48.5 Å². The van der Waals surface area contributed by atoms with E-state index in [1.54, 1.807) is 31.2 Å². The highest BCUT2D eigenvalue weighted by Crippen LogP contribution is 2.16. The third-order valence-corrected chi connectivity index (χ3v) is 3.84. The van der Waals surface area contributed by atoms with Crippen molar-refractivity contribution in [2.24, 2.45) is 0 Å². The number of hydrogen-bond acceptors (Lipinski definition) is 4. The Bertz CT molecular complexity index is 891. The summed E-state index contributed by atoms with van der Waals surface area (Å²) in [6, 6.07) is 14.1. The minimum Gasteiger partial charge on any atom is -0.481 e. The van der Waals surface area contributed by atoms with Crippen LogP contribution in [-0.2, 0) is 16.0 Å². The Morgan fingerprint density at radius 2 is 1.88 bits per heavy atom. The number of H-pyrrole nitrogens is 1. The van der Waals surface area contributed by atoms with Crippen molar-refractivity contribution < 1.29 is 14.3 Å². The Morgan fingerprint density at radius 1 is 1.15 bits per heavy atom.